The normalized spacial score (nSPS) is 25.9. The van der Waals surface area contributed by atoms with Crippen molar-refractivity contribution in [1.29, 1.82) is 0 Å². The van der Waals surface area contributed by atoms with E-state index in [4.69, 9.17) is 27.2 Å². The van der Waals surface area contributed by atoms with Crippen LogP contribution in [0.15, 0.2) is 41.3 Å². The summed E-state index contributed by atoms with van der Waals surface area (Å²) >= 11 is 5.79. The first-order valence-corrected chi connectivity index (χ1v) is 13.8. The number of carbonyl (C=O) groups is 2. The zero-order valence-electron chi connectivity index (χ0n) is 19.6. The highest BCUT2D eigenvalue weighted by Crippen LogP contribution is 2.67. The topological polar surface area (TPSA) is 127 Å². The first-order chi connectivity index (χ1) is 17.5. The Kier molecular flexibility index (Phi) is 6.54. The number of piperidine rings is 1. The van der Waals surface area contributed by atoms with Crippen LogP contribution in [0.4, 0.5) is 8.78 Å². The van der Waals surface area contributed by atoms with E-state index in [9.17, 15) is 22.4 Å². The molecule has 3 unspecified atom stereocenters. The molecular formula is C25H25ClF2N2O6S. The molecule has 0 radical (unpaired) electrons. The summed E-state index contributed by atoms with van der Waals surface area (Å²) in [6, 6.07) is 6.25. The van der Waals surface area contributed by atoms with Gasteiger partial charge in [0, 0.05) is 17.4 Å². The second-order valence-electron chi connectivity index (χ2n) is 9.85. The summed E-state index contributed by atoms with van der Waals surface area (Å²) in [5, 5.41) is 8.74. The second-order valence-corrected chi connectivity index (χ2v) is 12.4. The van der Waals surface area contributed by atoms with Gasteiger partial charge in [0.2, 0.25) is 5.91 Å². The number of carbonyl (C=O) groups excluding carboxylic acids is 2. The highest BCUT2D eigenvalue weighted by atomic mass is 35.5. The van der Waals surface area contributed by atoms with E-state index in [1.165, 1.54) is 29.2 Å². The molecule has 3 fully saturated rings. The van der Waals surface area contributed by atoms with E-state index in [0.29, 0.717) is 6.42 Å². The fraction of sp³-hybridized carbons (Fsp3) is 0.440. The summed E-state index contributed by atoms with van der Waals surface area (Å²) < 4.78 is 60.1. The van der Waals surface area contributed by atoms with Crippen molar-refractivity contribution >= 4 is 33.3 Å². The molecule has 3 aliphatic rings. The number of rotatable bonds is 8. The minimum Gasteiger partial charge on any atom is -0.395 e. The molecule has 198 valence electrons. The van der Waals surface area contributed by atoms with E-state index in [0.717, 1.165) is 12.1 Å². The van der Waals surface area contributed by atoms with Crippen LogP contribution in [0.3, 0.4) is 0 Å². The summed E-state index contributed by atoms with van der Waals surface area (Å²) in [7, 11) is -3.85. The summed E-state index contributed by atoms with van der Waals surface area (Å²) in [6.45, 7) is -0.0580. The molecular weight excluding hydrogens is 530 g/mol. The van der Waals surface area contributed by atoms with Crippen LogP contribution in [0, 0.1) is 23.5 Å². The van der Waals surface area contributed by atoms with Gasteiger partial charge in [0.15, 0.2) is 9.84 Å². The number of benzene rings is 2. The van der Waals surface area contributed by atoms with Gasteiger partial charge in [0.1, 0.15) is 17.7 Å². The molecule has 2 amide bonds. The van der Waals surface area contributed by atoms with Gasteiger partial charge in [-0.05, 0) is 54.7 Å². The average Bonchev–Trinajstić information content (AvgIpc) is 3.42. The van der Waals surface area contributed by atoms with Crippen molar-refractivity contribution < 1.29 is 36.6 Å². The van der Waals surface area contributed by atoms with E-state index < -0.39 is 63.1 Å². The lowest BCUT2D eigenvalue weighted by atomic mass is 9.76. The predicted octanol–water partition coefficient (Wildman–Crippen LogP) is 2.27. The van der Waals surface area contributed by atoms with Crippen LogP contribution in [0.2, 0.25) is 5.02 Å². The molecule has 3 N–H and O–H groups in total. The molecule has 8 nitrogen and oxygen atoms in total. The zero-order valence-corrected chi connectivity index (χ0v) is 21.1. The Morgan fingerprint density at radius 1 is 1.22 bits per heavy atom. The number of nitrogens with zero attached hydrogens (tertiary/aromatic N) is 1. The number of aliphatic hydroxyl groups excluding tert-OH is 1. The average molecular weight is 555 g/mol. The number of amides is 2. The lowest BCUT2D eigenvalue weighted by molar-refractivity contribution is -0.123. The van der Waals surface area contributed by atoms with Crippen molar-refractivity contribution in [2.24, 2.45) is 17.6 Å². The molecule has 0 aromatic heterocycles. The van der Waals surface area contributed by atoms with Crippen LogP contribution in [0.5, 0.6) is 0 Å². The Morgan fingerprint density at radius 2 is 1.95 bits per heavy atom. The highest BCUT2D eigenvalue weighted by molar-refractivity contribution is 7.91. The standard InChI is InChI=1S/C25H25ClF2N2O6S/c26-18-9-19(27)17(8-20(18)28)22(14-11-36-12-14)25-10-15(25)7-21(23(29)32)30(25)24(33)13-2-1-3-16(6-13)37(34,35)5-4-31/h1-3,6,8-9,14-15,21-22,31H,4-5,7,10-12H2,(H2,29,32)/t15?,21?,22-,25?/m1/s1. The van der Waals surface area contributed by atoms with Gasteiger partial charge in [0.05, 0.1) is 41.0 Å². The van der Waals surface area contributed by atoms with Gasteiger partial charge < -0.3 is 20.5 Å². The molecule has 1 aliphatic carbocycles. The minimum absolute atomic E-state index is 0.00329. The molecule has 4 atom stereocenters. The van der Waals surface area contributed by atoms with Crippen LogP contribution < -0.4 is 5.73 Å². The van der Waals surface area contributed by atoms with Crippen LogP contribution in [0.25, 0.3) is 0 Å². The SMILES string of the molecule is NC(=O)C1CC2CC2([C@@H](c2cc(F)c(Cl)cc2F)C2COC2)N1C(=O)c1cccc(S(=O)(=O)CCO)c1. The lowest BCUT2D eigenvalue weighted by Gasteiger charge is -2.44. The number of halogens is 3. The van der Waals surface area contributed by atoms with Gasteiger partial charge in [-0.3, -0.25) is 9.59 Å². The van der Waals surface area contributed by atoms with Gasteiger partial charge in [-0.25, -0.2) is 17.2 Å². The van der Waals surface area contributed by atoms with Gasteiger partial charge in [-0.2, -0.15) is 0 Å². The van der Waals surface area contributed by atoms with E-state index in [1.54, 1.807) is 0 Å². The van der Waals surface area contributed by atoms with Crippen molar-refractivity contribution in [1.82, 2.24) is 4.90 Å². The van der Waals surface area contributed by atoms with Crippen LogP contribution in [-0.2, 0) is 19.4 Å². The molecule has 2 heterocycles. The fourth-order valence-corrected chi connectivity index (χ4v) is 7.26. The van der Waals surface area contributed by atoms with Crippen LogP contribution in [0.1, 0.15) is 34.7 Å². The smallest absolute Gasteiger partial charge is 0.255 e. The molecule has 0 spiro atoms. The molecule has 2 aromatic carbocycles. The Hall–Kier alpha value is -2.60. The Bertz CT molecular complexity index is 1390. The van der Waals surface area contributed by atoms with E-state index in [2.05, 4.69) is 0 Å². The highest BCUT2D eigenvalue weighted by Gasteiger charge is 2.72. The van der Waals surface area contributed by atoms with E-state index in [1.807, 2.05) is 0 Å². The summed E-state index contributed by atoms with van der Waals surface area (Å²) in [6.07, 6.45) is 0.696. The maximum Gasteiger partial charge on any atom is 0.255 e. The molecule has 0 bridgehead atoms. The van der Waals surface area contributed by atoms with E-state index >= 15 is 4.39 Å². The van der Waals surface area contributed by atoms with Crippen molar-refractivity contribution in [2.75, 3.05) is 25.6 Å². The third kappa shape index (κ3) is 4.21. The zero-order chi connectivity index (χ0) is 26.7. The minimum atomic E-state index is -3.85. The number of likely N-dealkylation sites (tertiary alicyclic amines) is 1. The predicted molar refractivity (Wildman–Crippen MR) is 129 cm³/mol. The van der Waals surface area contributed by atoms with Crippen LogP contribution >= 0.6 is 11.6 Å². The summed E-state index contributed by atoms with van der Waals surface area (Å²) in [5.41, 5.74) is 4.70. The molecule has 2 saturated heterocycles. The molecule has 1 saturated carbocycles. The second kappa shape index (κ2) is 9.30. The maximum atomic E-state index is 15.2. The van der Waals surface area contributed by atoms with Crippen molar-refractivity contribution in [3.05, 3.63) is 64.2 Å². The maximum absolute atomic E-state index is 15.2. The molecule has 12 heteroatoms. The summed E-state index contributed by atoms with van der Waals surface area (Å²) in [4.78, 5) is 27.6. The van der Waals surface area contributed by atoms with Crippen molar-refractivity contribution in [3.63, 3.8) is 0 Å². The number of ether oxygens (including phenoxy) is 1. The monoisotopic (exact) mass is 554 g/mol. The number of fused-ring (bicyclic) bond motifs is 1. The molecule has 5 rings (SSSR count). The van der Waals surface area contributed by atoms with E-state index in [-0.39, 0.29) is 52.5 Å². The number of hydrogen-bond donors (Lipinski definition) is 2. The number of hydrogen-bond acceptors (Lipinski definition) is 6. The first-order valence-electron chi connectivity index (χ1n) is 11.8. The van der Waals surface area contributed by atoms with Crippen molar-refractivity contribution in [3.8, 4) is 0 Å². The van der Waals surface area contributed by atoms with Gasteiger partial charge in [-0.15, -0.1) is 0 Å². The van der Waals surface area contributed by atoms with Gasteiger partial charge in [0.25, 0.3) is 5.91 Å². The third-order valence-corrected chi connectivity index (χ3v) is 9.77. The van der Waals surface area contributed by atoms with Gasteiger partial charge >= 0.3 is 0 Å². The number of sulfone groups is 1. The fourth-order valence-electron chi connectivity index (χ4n) is 6.04. The summed E-state index contributed by atoms with van der Waals surface area (Å²) in [5.74, 6) is -4.57. The Balaban J connectivity index is 1.61. The van der Waals surface area contributed by atoms with Gasteiger partial charge in [-0.1, -0.05) is 17.7 Å². The molecule has 2 aliphatic heterocycles. The van der Waals surface area contributed by atoms with Crippen molar-refractivity contribution in [2.45, 2.75) is 35.2 Å². The lowest BCUT2D eigenvalue weighted by Crippen LogP contribution is -2.55. The Labute approximate surface area is 217 Å². The number of nitrogens with two attached hydrogens (primary N) is 1. The molecule has 2 aromatic rings. The Morgan fingerprint density at radius 3 is 2.57 bits per heavy atom. The number of primary amides is 1. The largest absolute Gasteiger partial charge is 0.395 e. The first kappa shape index (κ1) is 26.0. The third-order valence-electron chi connectivity index (χ3n) is 7.78. The number of aliphatic hydroxyl groups is 1. The quantitative estimate of drug-likeness (QED) is 0.482. The van der Waals surface area contributed by atoms with Crippen LogP contribution in [-0.4, -0.2) is 67.4 Å². The molecule has 37 heavy (non-hydrogen) atoms.